The van der Waals surface area contributed by atoms with Crippen LogP contribution in [0.1, 0.15) is 36.8 Å². The van der Waals surface area contributed by atoms with Crippen LogP contribution in [-0.2, 0) is 20.9 Å². The highest BCUT2D eigenvalue weighted by atomic mass is 16.5. The lowest BCUT2D eigenvalue weighted by Crippen LogP contribution is -2.46. The summed E-state index contributed by atoms with van der Waals surface area (Å²) in [6.07, 6.45) is 1.53. The minimum atomic E-state index is -0.275. The molecule has 0 aliphatic carbocycles. The summed E-state index contributed by atoms with van der Waals surface area (Å²) >= 11 is 0. The predicted octanol–water partition coefficient (Wildman–Crippen LogP) is 4.79. The van der Waals surface area contributed by atoms with Crippen molar-refractivity contribution in [1.82, 2.24) is 5.32 Å². The third kappa shape index (κ3) is 7.51. The van der Waals surface area contributed by atoms with Crippen molar-refractivity contribution in [3.05, 3.63) is 71.8 Å². The summed E-state index contributed by atoms with van der Waals surface area (Å²) in [7, 11) is 4.90. The number of ether oxygens (including phenoxy) is 5. The molecule has 0 spiro atoms. The molecule has 1 saturated heterocycles. The van der Waals surface area contributed by atoms with Crippen LogP contribution >= 0.6 is 0 Å². The van der Waals surface area contributed by atoms with Crippen molar-refractivity contribution in [3.63, 3.8) is 0 Å². The van der Waals surface area contributed by atoms with Gasteiger partial charge in [0.15, 0.2) is 6.61 Å². The molecule has 3 aromatic carbocycles. The van der Waals surface area contributed by atoms with E-state index in [9.17, 15) is 9.59 Å². The second kappa shape index (κ2) is 15.1. The smallest absolute Gasteiger partial charge is 0.265 e. The van der Waals surface area contributed by atoms with Gasteiger partial charge in [0.2, 0.25) is 5.91 Å². The summed E-state index contributed by atoms with van der Waals surface area (Å²) in [5.74, 6) is 2.46. The molecule has 10 heteroatoms. The normalized spacial score (nSPS) is 17.7. The predicted molar refractivity (Wildman–Crippen MR) is 173 cm³/mol. The lowest BCUT2D eigenvalue weighted by molar-refractivity contribution is -0.123. The summed E-state index contributed by atoms with van der Waals surface area (Å²) in [6.45, 7) is 5.29. The molecule has 0 saturated carbocycles. The van der Waals surface area contributed by atoms with E-state index in [0.29, 0.717) is 62.2 Å². The number of anilines is 2. The number of hydrogen-bond acceptors (Lipinski definition) is 8. The zero-order chi connectivity index (χ0) is 31.8. The van der Waals surface area contributed by atoms with E-state index in [1.54, 1.807) is 26.2 Å². The molecule has 0 bridgehead atoms. The first-order valence-electron chi connectivity index (χ1n) is 15.5. The van der Waals surface area contributed by atoms with E-state index >= 15 is 0 Å². The Kier molecular flexibility index (Phi) is 10.8. The summed E-state index contributed by atoms with van der Waals surface area (Å²) in [4.78, 5) is 30.5. The summed E-state index contributed by atoms with van der Waals surface area (Å²) in [6, 6.07) is 19.4. The van der Waals surface area contributed by atoms with Crippen LogP contribution in [0.5, 0.6) is 23.0 Å². The quantitative estimate of drug-likeness (QED) is 0.274. The van der Waals surface area contributed by atoms with E-state index in [-0.39, 0.29) is 30.3 Å². The first kappa shape index (κ1) is 32.1. The fraction of sp³-hybridized carbons (Fsp3) is 0.429. The number of nitrogens with zero attached hydrogens (tertiary/aromatic N) is 2. The Labute approximate surface area is 265 Å². The number of benzene rings is 3. The van der Waals surface area contributed by atoms with Gasteiger partial charge in [0, 0.05) is 45.1 Å². The summed E-state index contributed by atoms with van der Waals surface area (Å²) < 4.78 is 27.9. The summed E-state index contributed by atoms with van der Waals surface area (Å²) in [5.41, 5.74) is 3.43. The Morgan fingerprint density at radius 3 is 2.56 bits per heavy atom. The van der Waals surface area contributed by atoms with Gasteiger partial charge in [-0.25, -0.2) is 0 Å². The average Bonchev–Trinajstić information content (AvgIpc) is 3.08. The number of methoxy groups -OCH3 is 3. The molecule has 0 aromatic heterocycles. The van der Waals surface area contributed by atoms with E-state index < -0.39 is 0 Å². The van der Waals surface area contributed by atoms with Crippen molar-refractivity contribution in [2.24, 2.45) is 5.92 Å². The summed E-state index contributed by atoms with van der Waals surface area (Å²) in [5, 5.41) is 3.43. The number of carbonyl (C=O) groups excluding carboxylic acids is 2. The van der Waals surface area contributed by atoms with Crippen LogP contribution in [0.15, 0.2) is 60.7 Å². The maximum absolute atomic E-state index is 14.3. The fourth-order valence-corrected chi connectivity index (χ4v) is 6.10. The molecule has 3 aromatic rings. The van der Waals surface area contributed by atoms with Crippen LogP contribution in [0, 0.1) is 5.92 Å². The minimum Gasteiger partial charge on any atom is -0.497 e. The molecule has 2 amide bonds. The van der Waals surface area contributed by atoms with Crippen LogP contribution in [0.2, 0.25) is 0 Å². The fourth-order valence-electron chi connectivity index (χ4n) is 6.10. The van der Waals surface area contributed by atoms with Gasteiger partial charge in [0.05, 0.1) is 25.8 Å². The largest absolute Gasteiger partial charge is 0.497 e. The number of hydrogen-bond donors (Lipinski definition) is 1. The SMILES string of the molecule is CCN(C(=O)[C@H]1CNCC[C@@H]1c1cccc(OCc2cc(OC)cc(OC)c2)c1)c1ccc2c(c1)N(CCCOC)C(=O)CO2. The van der Waals surface area contributed by atoms with Gasteiger partial charge < -0.3 is 38.8 Å². The zero-order valence-corrected chi connectivity index (χ0v) is 26.5. The van der Waals surface area contributed by atoms with Crippen LogP contribution in [0.3, 0.4) is 0 Å². The second-order valence-corrected chi connectivity index (χ2v) is 11.2. The Morgan fingerprint density at radius 1 is 1.02 bits per heavy atom. The molecular formula is C35H43N3O7. The van der Waals surface area contributed by atoms with Gasteiger partial charge in [-0.15, -0.1) is 0 Å². The van der Waals surface area contributed by atoms with Crippen LogP contribution in [-0.4, -0.2) is 72.5 Å². The Bertz CT molecular complexity index is 1460. The lowest BCUT2D eigenvalue weighted by Gasteiger charge is -2.36. The number of nitrogens with one attached hydrogen (secondary N) is 1. The van der Waals surface area contributed by atoms with E-state index in [0.717, 1.165) is 35.5 Å². The van der Waals surface area contributed by atoms with Gasteiger partial charge in [-0.05, 0) is 85.8 Å². The molecule has 0 radical (unpaired) electrons. The molecule has 240 valence electrons. The van der Waals surface area contributed by atoms with Gasteiger partial charge in [0.25, 0.3) is 5.91 Å². The van der Waals surface area contributed by atoms with Gasteiger partial charge in [-0.2, -0.15) is 0 Å². The van der Waals surface area contributed by atoms with E-state index in [1.807, 2.05) is 66.4 Å². The number of fused-ring (bicyclic) bond motifs is 1. The molecule has 2 aliphatic rings. The maximum atomic E-state index is 14.3. The van der Waals surface area contributed by atoms with Crippen molar-refractivity contribution in [1.29, 1.82) is 0 Å². The number of piperidine rings is 1. The molecule has 2 heterocycles. The highest BCUT2D eigenvalue weighted by Gasteiger charge is 2.36. The highest BCUT2D eigenvalue weighted by Crippen LogP contribution is 2.38. The molecule has 1 N–H and O–H groups in total. The molecule has 10 nitrogen and oxygen atoms in total. The Hall–Kier alpha value is -4.28. The van der Waals surface area contributed by atoms with Crippen molar-refractivity contribution < 1.29 is 33.3 Å². The van der Waals surface area contributed by atoms with E-state index in [2.05, 4.69) is 11.4 Å². The van der Waals surface area contributed by atoms with Crippen molar-refractivity contribution in [2.45, 2.75) is 32.3 Å². The lowest BCUT2D eigenvalue weighted by atomic mass is 9.80. The number of amides is 2. The standard InChI is InChI=1S/C35H43N3O7/c1-5-37(26-10-11-33-32(19-26)38(14-7-15-41-2)34(39)23-45-33)35(40)31-21-36-13-12-30(31)25-8-6-9-27(18-25)44-22-24-16-28(42-3)20-29(17-24)43-4/h6,8-11,16-20,30-31,36H,5,7,12-15,21-23H2,1-4H3/t30-,31+/m1/s1. The molecule has 45 heavy (non-hydrogen) atoms. The van der Waals surface area contributed by atoms with Crippen molar-refractivity contribution >= 4 is 23.2 Å². The van der Waals surface area contributed by atoms with E-state index in [4.69, 9.17) is 23.7 Å². The third-order valence-electron chi connectivity index (χ3n) is 8.41. The molecular weight excluding hydrogens is 574 g/mol. The molecule has 5 rings (SSSR count). The second-order valence-electron chi connectivity index (χ2n) is 11.2. The monoisotopic (exact) mass is 617 g/mol. The zero-order valence-electron chi connectivity index (χ0n) is 26.5. The number of carbonyl (C=O) groups is 2. The molecule has 1 fully saturated rings. The van der Waals surface area contributed by atoms with Crippen molar-refractivity contribution in [2.75, 3.05) is 70.5 Å². The van der Waals surface area contributed by atoms with Crippen LogP contribution < -0.4 is 34.1 Å². The van der Waals surface area contributed by atoms with E-state index in [1.165, 1.54) is 0 Å². The minimum absolute atomic E-state index is 0.00167. The topological polar surface area (TPSA) is 98.8 Å². The van der Waals surface area contributed by atoms with Crippen LogP contribution in [0.25, 0.3) is 0 Å². The van der Waals surface area contributed by atoms with Gasteiger partial charge >= 0.3 is 0 Å². The molecule has 2 atom stereocenters. The van der Waals surface area contributed by atoms with Gasteiger partial charge in [-0.3, -0.25) is 9.59 Å². The van der Waals surface area contributed by atoms with Crippen LogP contribution in [0.4, 0.5) is 11.4 Å². The maximum Gasteiger partial charge on any atom is 0.265 e. The Morgan fingerprint density at radius 2 is 1.82 bits per heavy atom. The molecule has 0 unspecified atom stereocenters. The van der Waals surface area contributed by atoms with Gasteiger partial charge in [0.1, 0.15) is 29.6 Å². The first-order chi connectivity index (χ1) is 21.9. The average molecular weight is 618 g/mol. The molecule has 2 aliphatic heterocycles. The number of rotatable bonds is 13. The third-order valence-corrected chi connectivity index (χ3v) is 8.41. The Balaban J connectivity index is 1.34. The van der Waals surface area contributed by atoms with Crippen molar-refractivity contribution in [3.8, 4) is 23.0 Å². The first-order valence-corrected chi connectivity index (χ1v) is 15.5. The highest BCUT2D eigenvalue weighted by molar-refractivity contribution is 6.00. The van der Waals surface area contributed by atoms with Gasteiger partial charge in [-0.1, -0.05) is 12.1 Å².